The number of rotatable bonds is 6. The third-order valence-corrected chi connectivity index (χ3v) is 4.41. The maximum absolute atomic E-state index is 11.5. The summed E-state index contributed by atoms with van der Waals surface area (Å²) in [5.41, 5.74) is 10.8. The lowest BCUT2D eigenvalue weighted by molar-refractivity contribution is 0.0607. The summed E-state index contributed by atoms with van der Waals surface area (Å²) in [6, 6.07) is 0. The normalized spacial score (nSPS) is 11.1. The molecule has 0 saturated carbocycles. The van der Waals surface area contributed by atoms with Crippen molar-refractivity contribution in [1.29, 1.82) is 0 Å². The predicted molar refractivity (Wildman–Crippen MR) is 76.8 cm³/mol. The van der Waals surface area contributed by atoms with Crippen LogP contribution in [-0.4, -0.2) is 46.0 Å². The fraction of sp³-hybridized carbons (Fsp3) is 0.400. The lowest BCUT2D eigenvalue weighted by Gasteiger charge is -2.04. The third-order valence-electron chi connectivity index (χ3n) is 2.32. The number of amides is 1. The van der Waals surface area contributed by atoms with Crippen molar-refractivity contribution in [1.82, 2.24) is 0 Å². The number of thiophene rings is 1. The molecular formula is C10H15N3O5S2. The van der Waals surface area contributed by atoms with Crippen LogP contribution < -0.4 is 16.8 Å². The molecule has 112 valence electrons. The number of primary amides is 1. The summed E-state index contributed by atoms with van der Waals surface area (Å²) in [6.07, 6.45) is 1.09. The molecule has 0 aliphatic rings. The zero-order valence-corrected chi connectivity index (χ0v) is 12.6. The van der Waals surface area contributed by atoms with Crippen LogP contribution in [0.2, 0.25) is 0 Å². The first-order chi connectivity index (χ1) is 9.17. The lowest BCUT2D eigenvalue weighted by Crippen LogP contribution is -2.18. The largest absolute Gasteiger partial charge is 0.465 e. The van der Waals surface area contributed by atoms with E-state index in [1.54, 1.807) is 0 Å². The van der Waals surface area contributed by atoms with Gasteiger partial charge in [-0.2, -0.15) is 0 Å². The molecule has 0 unspecified atom stereocenters. The molecular weight excluding hydrogens is 306 g/mol. The van der Waals surface area contributed by atoms with Gasteiger partial charge < -0.3 is 21.5 Å². The third kappa shape index (κ3) is 3.84. The van der Waals surface area contributed by atoms with E-state index < -0.39 is 21.7 Å². The molecule has 1 heterocycles. The van der Waals surface area contributed by atoms with Crippen LogP contribution in [0.1, 0.15) is 20.0 Å². The SMILES string of the molecule is COC(=O)c1sc(NCCS(C)(=O)=O)c(C(N)=O)c1N. The quantitative estimate of drug-likeness (QED) is 0.609. The van der Waals surface area contributed by atoms with Crippen molar-refractivity contribution in [2.75, 3.05) is 36.7 Å². The van der Waals surface area contributed by atoms with Gasteiger partial charge in [0.15, 0.2) is 0 Å². The van der Waals surface area contributed by atoms with Gasteiger partial charge in [-0.3, -0.25) is 4.79 Å². The molecule has 1 aromatic rings. The number of ether oxygens (including phenoxy) is 1. The Bertz CT molecular complexity index is 636. The van der Waals surface area contributed by atoms with E-state index in [1.807, 2.05) is 0 Å². The number of nitrogens with two attached hydrogens (primary N) is 2. The summed E-state index contributed by atoms with van der Waals surface area (Å²) in [5.74, 6) is -1.63. The van der Waals surface area contributed by atoms with Crippen molar-refractivity contribution in [2.24, 2.45) is 5.73 Å². The average Bonchev–Trinajstić information content (AvgIpc) is 2.63. The number of nitrogens with one attached hydrogen (secondary N) is 1. The Morgan fingerprint density at radius 3 is 2.45 bits per heavy atom. The maximum Gasteiger partial charge on any atom is 0.350 e. The molecule has 1 amide bonds. The van der Waals surface area contributed by atoms with Gasteiger partial charge in [0.2, 0.25) is 0 Å². The van der Waals surface area contributed by atoms with E-state index in [-0.39, 0.29) is 33.4 Å². The Morgan fingerprint density at radius 2 is 2.00 bits per heavy atom. The zero-order valence-electron chi connectivity index (χ0n) is 10.9. The van der Waals surface area contributed by atoms with Gasteiger partial charge in [-0.25, -0.2) is 13.2 Å². The zero-order chi connectivity index (χ0) is 15.5. The second kappa shape index (κ2) is 6.09. The average molecular weight is 321 g/mol. The lowest BCUT2D eigenvalue weighted by atomic mass is 10.2. The standard InChI is InChI=1S/C10H15N3O5S2/c1-18-10(15)7-6(11)5(8(12)14)9(19-7)13-3-4-20(2,16)17/h13H,3-4,11H2,1-2H3,(H2,12,14). The first-order valence-electron chi connectivity index (χ1n) is 5.39. The van der Waals surface area contributed by atoms with Crippen LogP contribution in [0.25, 0.3) is 0 Å². The highest BCUT2D eigenvalue weighted by Gasteiger charge is 2.24. The first-order valence-corrected chi connectivity index (χ1v) is 8.27. The summed E-state index contributed by atoms with van der Waals surface area (Å²) in [5, 5.41) is 2.99. The van der Waals surface area contributed by atoms with Crippen LogP contribution in [0.5, 0.6) is 0 Å². The van der Waals surface area contributed by atoms with Crippen LogP contribution in [0.3, 0.4) is 0 Å². The van der Waals surface area contributed by atoms with Gasteiger partial charge in [0.25, 0.3) is 5.91 Å². The second-order valence-electron chi connectivity index (χ2n) is 3.96. The minimum atomic E-state index is -3.15. The van der Waals surface area contributed by atoms with Crippen LogP contribution in [0.15, 0.2) is 0 Å². The topological polar surface area (TPSA) is 142 Å². The van der Waals surface area contributed by atoms with Gasteiger partial charge in [-0.15, -0.1) is 11.3 Å². The van der Waals surface area contributed by atoms with Crippen molar-refractivity contribution in [3.8, 4) is 0 Å². The molecule has 0 spiro atoms. The van der Waals surface area contributed by atoms with Crippen molar-refractivity contribution < 1.29 is 22.7 Å². The number of esters is 1. The monoisotopic (exact) mass is 321 g/mol. The fourth-order valence-electron chi connectivity index (χ4n) is 1.41. The van der Waals surface area contributed by atoms with Crippen LogP contribution in [-0.2, 0) is 14.6 Å². The first kappa shape index (κ1) is 16.2. The van der Waals surface area contributed by atoms with Gasteiger partial charge in [-0.05, 0) is 0 Å². The number of hydrogen-bond acceptors (Lipinski definition) is 8. The maximum atomic E-state index is 11.5. The number of carbonyl (C=O) groups excluding carboxylic acids is 2. The Morgan fingerprint density at radius 1 is 1.40 bits per heavy atom. The highest BCUT2D eigenvalue weighted by Crippen LogP contribution is 2.35. The molecule has 20 heavy (non-hydrogen) atoms. The molecule has 0 aliphatic carbocycles. The fourth-order valence-corrected chi connectivity index (χ4v) is 2.95. The number of hydrogen-bond donors (Lipinski definition) is 3. The van der Waals surface area contributed by atoms with Crippen LogP contribution in [0.4, 0.5) is 10.7 Å². The van der Waals surface area contributed by atoms with Crippen LogP contribution >= 0.6 is 11.3 Å². The number of anilines is 2. The highest BCUT2D eigenvalue weighted by molar-refractivity contribution is 7.90. The summed E-state index contributed by atoms with van der Waals surface area (Å²) in [7, 11) is -1.97. The molecule has 0 atom stereocenters. The molecule has 8 nitrogen and oxygen atoms in total. The van der Waals surface area contributed by atoms with E-state index in [9.17, 15) is 18.0 Å². The van der Waals surface area contributed by atoms with Crippen molar-refractivity contribution in [3.05, 3.63) is 10.4 Å². The molecule has 0 saturated heterocycles. The number of methoxy groups -OCH3 is 1. The smallest absolute Gasteiger partial charge is 0.350 e. The van der Waals surface area contributed by atoms with Crippen molar-refractivity contribution >= 4 is 43.7 Å². The summed E-state index contributed by atoms with van der Waals surface area (Å²) in [4.78, 5) is 22.9. The summed E-state index contributed by atoms with van der Waals surface area (Å²) in [6.45, 7) is 0.0691. The number of carbonyl (C=O) groups is 2. The Balaban J connectivity index is 3.06. The molecule has 0 fully saturated rings. The molecule has 0 aliphatic heterocycles. The molecule has 1 rings (SSSR count). The summed E-state index contributed by atoms with van der Waals surface area (Å²) < 4.78 is 26.6. The Labute approximate surface area is 120 Å². The number of sulfone groups is 1. The van der Waals surface area contributed by atoms with E-state index in [4.69, 9.17) is 11.5 Å². The molecule has 1 aromatic heterocycles. The van der Waals surface area contributed by atoms with E-state index >= 15 is 0 Å². The Kier molecular flexibility index (Phi) is 4.95. The van der Waals surface area contributed by atoms with E-state index in [1.165, 1.54) is 7.11 Å². The minimum Gasteiger partial charge on any atom is -0.465 e. The van der Waals surface area contributed by atoms with Gasteiger partial charge in [0.05, 0.1) is 24.1 Å². The van der Waals surface area contributed by atoms with Gasteiger partial charge in [-0.1, -0.05) is 0 Å². The van der Waals surface area contributed by atoms with Crippen molar-refractivity contribution in [2.45, 2.75) is 0 Å². The molecule has 0 bridgehead atoms. The molecule has 0 aromatic carbocycles. The van der Waals surface area contributed by atoms with Gasteiger partial charge >= 0.3 is 5.97 Å². The van der Waals surface area contributed by atoms with Crippen molar-refractivity contribution in [3.63, 3.8) is 0 Å². The van der Waals surface area contributed by atoms with Crippen LogP contribution in [0, 0.1) is 0 Å². The number of nitrogen functional groups attached to an aromatic ring is 1. The van der Waals surface area contributed by atoms with Gasteiger partial charge in [0, 0.05) is 12.8 Å². The molecule has 5 N–H and O–H groups in total. The predicted octanol–water partition coefficient (Wildman–Crippen LogP) is -0.328. The molecule has 0 radical (unpaired) electrons. The minimum absolute atomic E-state index is 0.0381. The highest BCUT2D eigenvalue weighted by atomic mass is 32.2. The second-order valence-corrected chi connectivity index (χ2v) is 7.24. The van der Waals surface area contributed by atoms with E-state index in [2.05, 4.69) is 10.1 Å². The summed E-state index contributed by atoms with van der Waals surface area (Å²) >= 11 is 0.891. The molecule has 10 heteroatoms. The van der Waals surface area contributed by atoms with Gasteiger partial charge in [0.1, 0.15) is 19.7 Å². The Hall–Kier alpha value is -1.81. The van der Waals surface area contributed by atoms with E-state index in [0.29, 0.717) is 0 Å². The van der Waals surface area contributed by atoms with E-state index in [0.717, 1.165) is 17.6 Å².